The van der Waals surface area contributed by atoms with Gasteiger partial charge in [0.05, 0.1) is 12.3 Å². The summed E-state index contributed by atoms with van der Waals surface area (Å²) in [6.07, 6.45) is 14.8. The summed E-state index contributed by atoms with van der Waals surface area (Å²) in [6.45, 7) is 0.511. The molecule has 2 aromatic rings. The van der Waals surface area contributed by atoms with Gasteiger partial charge in [0, 0.05) is 0 Å². The molecule has 2 N–H and O–H groups in total. The Balaban J connectivity index is 1.73. The van der Waals surface area contributed by atoms with Crippen LogP contribution in [0.1, 0.15) is 5.56 Å². The SMILES string of the molecule is OC1C=CC=C/C1=N\CC1(c2ccc3ccccc3c2)C=CC=CN1. The fourth-order valence-corrected chi connectivity index (χ4v) is 3.24. The topological polar surface area (TPSA) is 44.6 Å². The third-order valence-corrected chi connectivity index (χ3v) is 4.68. The Kier molecular flexibility index (Phi) is 4.08. The number of hydrogen-bond donors (Lipinski definition) is 2. The number of rotatable bonds is 3. The Labute approximate surface area is 147 Å². The van der Waals surface area contributed by atoms with Crippen molar-refractivity contribution in [2.24, 2.45) is 4.99 Å². The number of dihydropyridines is 1. The van der Waals surface area contributed by atoms with Crippen molar-refractivity contribution in [3.05, 3.63) is 96.8 Å². The maximum Gasteiger partial charge on any atom is 0.114 e. The van der Waals surface area contributed by atoms with Crippen molar-refractivity contribution in [1.82, 2.24) is 5.32 Å². The zero-order valence-corrected chi connectivity index (χ0v) is 13.8. The number of allylic oxidation sites excluding steroid dienone is 4. The Hall–Kier alpha value is -2.91. The average molecular weight is 328 g/mol. The Morgan fingerprint density at radius 3 is 2.68 bits per heavy atom. The number of nitrogens with zero attached hydrogens (tertiary/aromatic N) is 1. The van der Waals surface area contributed by atoms with Gasteiger partial charge in [-0.3, -0.25) is 4.99 Å². The van der Waals surface area contributed by atoms with E-state index in [2.05, 4.69) is 53.9 Å². The molecule has 0 aromatic heterocycles. The van der Waals surface area contributed by atoms with Gasteiger partial charge in [-0.15, -0.1) is 0 Å². The second-order valence-corrected chi connectivity index (χ2v) is 6.33. The van der Waals surface area contributed by atoms with E-state index in [4.69, 9.17) is 4.99 Å². The van der Waals surface area contributed by atoms with Gasteiger partial charge in [0.15, 0.2) is 0 Å². The van der Waals surface area contributed by atoms with Crippen LogP contribution in [0.2, 0.25) is 0 Å². The summed E-state index contributed by atoms with van der Waals surface area (Å²) < 4.78 is 0. The molecule has 1 aliphatic heterocycles. The molecular weight excluding hydrogens is 308 g/mol. The number of fused-ring (bicyclic) bond motifs is 1. The Morgan fingerprint density at radius 2 is 1.88 bits per heavy atom. The number of aliphatic hydroxyl groups is 1. The molecule has 0 radical (unpaired) electrons. The molecule has 0 amide bonds. The van der Waals surface area contributed by atoms with E-state index >= 15 is 0 Å². The van der Waals surface area contributed by atoms with Crippen molar-refractivity contribution in [2.75, 3.05) is 6.54 Å². The third kappa shape index (κ3) is 3.06. The molecule has 1 aliphatic carbocycles. The van der Waals surface area contributed by atoms with E-state index in [0.717, 1.165) is 5.56 Å². The number of nitrogens with one attached hydrogen (secondary N) is 1. The maximum atomic E-state index is 10.1. The zero-order valence-electron chi connectivity index (χ0n) is 13.8. The second kappa shape index (κ2) is 6.54. The molecule has 2 aromatic carbocycles. The quantitative estimate of drug-likeness (QED) is 0.903. The van der Waals surface area contributed by atoms with Gasteiger partial charge in [0.2, 0.25) is 0 Å². The van der Waals surface area contributed by atoms with Crippen molar-refractivity contribution in [2.45, 2.75) is 11.6 Å². The molecule has 4 rings (SSSR count). The van der Waals surface area contributed by atoms with Gasteiger partial charge in [-0.25, -0.2) is 0 Å². The van der Waals surface area contributed by atoms with Crippen LogP contribution in [0.15, 0.2) is 96.2 Å². The molecule has 2 atom stereocenters. The first-order chi connectivity index (χ1) is 12.3. The summed E-state index contributed by atoms with van der Waals surface area (Å²) >= 11 is 0. The van der Waals surface area contributed by atoms with E-state index in [1.165, 1.54) is 10.8 Å². The van der Waals surface area contributed by atoms with Gasteiger partial charge < -0.3 is 10.4 Å². The molecule has 0 spiro atoms. The summed E-state index contributed by atoms with van der Waals surface area (Å²) in [5.41, 5.74) is 1.42. The van der Waals surface area contributed by atoms with Gasteiger partial charge >= 0.3 is 0 Å². The smallest absolute Gasteiger partial charge is 0.114 e. The first-order valence-electron chi connectivity index (χ1n) is 8.46. The van der Waals surface area contributed by atoms with Crippen molar-refractivity contribution in [1.29, 1.82) is 0 Å². The minimum atomic E-state index is -0.637. The predicted molar refractivity (Wildman–Crippen MR) is 104 cm³/mol. The first-order valence-corrected chi connectivity index (χ1v) is 8.46. The lowest BCUT2D eigenvalue weighted by Crippen LogP contribution is -2.42. The van der Waals surface area contributed by atoms with E-state index in [9.17, 15) is 5.11 Å². The van der Waals surface area contributed by atoms with Crippen LogP contribution in [-0.2, 0) is 5.54 Å². The summed E-state index contributed by atoms with van der Waals surface area (Å²) in [4.78, 5) is 4.70. The molecule has 25 heavy (non-hydrogen) atoms. The largest absolute Gasteiger partial charge is 0.383 e. The van der Waals surface area contributed by atoms with Gasteiger partial charge in [0.1, 0.15) is 11.6 Å². The molecule has 0 fully saturated rings. The predicted octanol–water partition coefficient (Wildman–Crippen LogP) is 3.64. The van der Waals surface area contributed by atoms with Crippen LogP contribution in [0.25, 0.3) is 10.8 Å². The molecule has 0 bridgehead atoms. The highest BCUT2D eigenvalue weighted by atomic mass is 16.3. The van der Waals surface area contributed by atoms with Crippen LogP contribution in [-0.4, -0.2) is 23.5 Å². The van der Waals surface area contributed by atoms with Gasteiger partial charge in [-0.05, 0) is 40.8 Å². The monoisotopic (exact) mass is 328 g/mol. The van der Waals surface area contributed by atoms with Crippen LogP contribution >= 0.6 is 0 Å². The molecule has 0 saturated carbocycles. The highest BCUT2D eigenvalue weighted by molar-refractivity contribution is 6.01. The van der Waals surface area contributed by atoms with Gasteiger partial charge in [-0.2, -0.15) is 0 Å². The van der Waals surface area contributed by atoms with E-state index in [1.54, 1.807) is 6.08 Å². The van der Waals surface area contributed by atoms with Crippen molar-refractivity contribution < 1.29 is 5.11 Å². The van der Waals surface area contributed by atoms with Gasteiger partial charge in [0.25, 0.3) is 0 Å². The number of aliphatic imine (C=N–C) groups is 1. The third-order valence-electron chi connectivity index (χ3n) is 4.68. The van der Waals surface area contributed by atoms with Gasteiger partial charge in [-0.1, -0.05) is 66.8 Å². The standard InChI is InChI=1S/C22H20N2O/c25-21-10-4-3-9-20(21)23-16-22(13-5-6-14-24-22)19-12-11-17-7-1-2-8-18(17)15-19/h1-15,21,24-25H,16H2/b23-20+. The molecular formula is C22H20N2O. The van der Waals surface area contributed by atoms with Crippen LogP contribution in [0, 0.1) is 0 Å². The van der Waals surface area contributed by atoms with E-state index in [-0.39, 0.29) is 0 Å². The van der Waals surface area contributed by atoms with Crippen molar-refractivity contribution in [3.8, 4) is 0 Å². The highest BCUT2D eigenvalue weighted by Gasteiger charge is 2.29. The summed E-state index contributed by atoms with van der Waals surface area (Å²) in [5, 5.41) is 16.0. The number of aliphatic hydroxyl groups excluding tert-OH is 1. The van der Waals surface area contributed by atoms with Crippen LogP contribution < -0.4 is 5.32 Å². The van der Waals surface area contributed by atoms with Crippen LogP contribution in [0.3, 0.4) is 0 Å². The molecule has 3 heteroatoms. The molecule has 2 aliphatic rings. The van der Waals surface area contributed by atoms with E-state index in [1.807, 2.05) is 36.6 Å². The molecule has 2 unspecified atom stereocenters. The fourth-order valence-electron chi connectivity index (χ4n) is 3.24. The Bertz CT molecular complexity index is 936. The number of hydrogen-bond acceptors (Lipinski definition) is 3. The fraction of sp³-hybridized carbons (Fsp3) is 0.136. The highest BCUT2D eigenvalue weighted by Crippen LogP contribution is 2.29. The molecule has 1 heterocycles. The molecule has 0 saturated heterocycles. The second-order valence-electron chi connectivity index (χ2n) is 6.33. The average Bonchev–Trinajstić information content (AvgIpc) is 2.68. The normalized spacial score (nSPS) is 26.3. The summed E-state index contributed by atoms with van der Waals surface area (Å²) in [5.74, 6) is 0. The number of benzene rings is 2. The van der Waals surface area contributed by atoms with Crippen molar-refractivity contribution >= 4 is 16.5 Å². The van der Waals surface area contributed by atoms with E-state index < -0.39 is 11.6 Å². The molecule has 3 nitrogen and oxygen atoms in total. The summed E-state index contributed by atoms with van der Waals surface area (Å²) in [6, 6.07) is 14.8. The van der Waals surface area contributed by atoms with E-state index in [0.29, 0.717) is 12.3 Å². The minimum absolute atomic E-state index is 0.416. The lowest BCUT2D eigenvalue weighted by atomic mass is 9.86. The molecule has 124 valence electrons. The van der Waals surface area contributed by atoms with Crippen LogP contribution in [0.4, 0.5) is 0 Å². The minimum Gasteiger partial charge on any atom is -0.383 e. The maximum absolute atomic E-state index is 10.1. The summed E-state index contributed by atoms with van der Waals surface area (Å²) in [7, 11) is 0. The van der Waals surface area contributed by atoms with Crippen LogP contribution in [0.5, 0.6) is 0 Å². The lowest BCUT2D eigenvalue weighted by molar-refractivity contribution is 0.288. The Morgan fingerprint density at radius 1 is 1.00 bits per heavy atom. The van der Waals surface area contributed by atoms with Crippen molar-refractivity contribution in [3.63, 3.8) is 0 Å². The zero-order chi connectivity index (χ0) is 17.1. The lowest BCUT2D eigenvalue weighted by Gasteiger charge is -2.33. The first kappa shape index (κ1) is 15.6.